The van der Waals surface area contributed by atoms with Gasteiger partial charge in [0.05, 0.1) is 32.7 Å². The molecule has 1 aromatic carbocycles. The summed E-state index contributed by atoms with van der Waals surface area (Å²) in [7, 11) is 0. The molecule has 0 aliphatic carbocycles. The zero-order valence-electron chi connectivity index (χ0n) is 7.66. The van der Waals surface area contributed by atoms with Gasteiger partial charge in [-0.3, -0.25) is 30.3 Å². The maximum absolute atomic E-state index is 11.1. The second kappa shape index (κ2) is 5.34. The second-order valence-electron chi connectivity index (χ2n) is 2.58. The van der Waals surface area contributed by atoms with E-state index in [-0.39, 0.29) is 22.4 Å². The van der Waals surface area contributed by atoms with Gasteiger partial charge < -0.3 is 5.11 Å². The Labute approximate surface area is 108 Å². The summed E-state index contributed by atoms with van der Waals surface area (Å²) in [6.07, 6.45) is 0. The van der Waals surface area contributed by atoms with E-state index >= 15 is 0 Å². The number of hydrogen-bond acceptors (Lipinski definition) is 7. The number of benzene rings is 1. The van der Waals surface area contributed by atoms with Gasteiger partial charge in [0.2, 0.25) is 0 Å². The van der Waals surface area contributed by atoms with Crippen LogP contribution in [0.3, 0.4) is 0 Å². The van der Waals surface area contributed by atoms with Crippen LogP contribution in [0.1, 0.15) is 0 Å². The number of nitrogens with zero attached hydrogens (tertiary/aromatic N) is 3. The van der Waals surface area contributed by atoms with E-state index in [0.717, 1.165) is 0 Å². The third-order valence-corrected chi connectivity index (χ3v) is 1.64. The Morgan fingerprint density at radius 3 is 1.41 bits per heavy atom. The van der Waals surface area contributed by atoms with Crippen molar-refractivity contribution in [3.8, 4) is 5.75 Å². The topological polar surface area (TPSA) is 152 Å². The molecule has 10 nitrogen and oxygen atoms in total. The Hall–Kier alpha value is -2.04. The van der Waals surface area contributed by atoms with Crippen LogP contribution in [0, 0.1) is 30.3 Å². The molecule has 0 spiro atoms. The van der Waals surface area contributed by atoms with Crippen LogP contribution in [0.2, 0.25) is 0 Å². The van der Waals surface area contributed by atoms with E-state index in [2.05, 4.69) is 0 Å². The van der Waals surface area contributed by atoms with E-state index in [1.165, 1.54) is 0 Å². The van der Waals surface area contributed by atoms with Crippen molar-refractivity contribution in [3.05, 3.63) is 42.5 Å². The van der Waals surface area contributed by atoms with Crippen LogP contribution in [0.4, 0.5) is 17.1 Å². The number of nitro groups is 3. The third kappa shape index (κ3) is 2.96. The molecule has 0 aromatic heterocycles. The Balaban J connectivity index is 0.00000256. The fourth-order valence-electron chi connectivity index (χ4n) is 0.961. The van der Waals surface area contributed by atoms with Gasteiger partial charge in [-0.05, 0) is 0 Å². The quantitative estimate of drug-likeness (QED) is 0.442. The van der Waals surface area contributed by atoms with E-state index in [1.807, 2.05) is 0 Å². The summed E-state index contributed by atoms with van der Waals surface area (Å²) >= 11 is 0. The van der Waals surface area contributed by atoms with Crippen LogP contribution < -0.4 is 5.11 Å². The van der Waals surface area contributed by atoms with Gasteiger partial charge in [-0.15, -0.1) is 0 Å². The molecule has 17 heavy (non-hydrogen) atoms. The molecule has 0 fully saturated rings. The van der Waals surface area contributed by atoms with Gasteiger partial charge in [0.15, 0.2) is 0 Å². The maximum Gasteiger partial charge on any atom is 1.00 e. The first kappa shape index (κ1) is 15.0. The van der Waals surface area contributed by atoms with Crippen LogP contribution in [-0.4, -0.2) is 14.8 Å². The van der Waals surface area contributed by atoms with Crippen LogP contribution in [0.25, 0.3) is 0 Å². The van der Waals surface area contributed by atoms with Crippen molar-refractivity contribution in [1.82, 2.24) is 0 Å². The minimum absolute atomic E-state index is 0. The van der Waals surface area contributed by atoms with Gasteiger partial charge in [-0.1, -0.05) is 0 Å². The number of non-ortho nitro benzene ring substituents is 1. The Kier molecular flexibility index (Phi) is 4.70. The third-order valence-electron chi connectivity index (χ3n) is 1.64. The van der Waals surface area contributed by atoms with Crippen LogP contribution in [-0.2, 0) is 22.4 Å². The van der Waals surface area contributed by atoms with Crippen molar-refractivity contribution in [2.45, 2.75) is 0 Å². The van der Waals surface area contributed by atoms with Gasteiger partial charge in [0.25, 0.3) is 17.1 Å². The molecule has 0 N–H and O–H groups in total. The van der Waals surface area contributed by atoms with Crippen molar-refractivity contribution in [3.63, 3.8) is 0 Å². The molecule has 1 rings (SSSR count). The average Bonchev–Trinajstić information content (AvgIpc) is 2.16. The molecule has 0 saturated heterocycles. The fourth-order valence-corrected chi connectivity index (χ4v) is 0.961. The van der Waals surface area contributed by atoms with Crippen molar-refractivity contribution >= 4 is 17.1 Å². The first-order valence-corrected chi connectivity index (χ1v) is 3.63. The molecule has 0 unspecified atom stereocenters. The molecule has 0 saturated carbocycles. The Morgan fingerprint density at radius 2 is 1.18 bits per heavy atom. The summed E-state index contributed by atoms with van der Waals surface area (Å²) in [6, 6.07) is 0.769. The van der Waals surface area contributed by atoms with Crippen molar-refractivity contribution < 1.29 is 42.3 Å². The summed E-state index contributed by atoms with van der Waals surface area (Å²) in [5.41, 5.74) is -3.26. The predicted molar refractivity (Wildman–Crippen MR) is 45.9 cm³/mol. The zero-order valence-corrected chi connectivity index (χ0v) is 9.14. The Morgan fingerprint density at radius 1 is 0.824 bits per heavy atom. The summed E-state index contributed by atoms with van der Waals surface area (Å²) < 4.78 is 0. The van der Waals surface area contributed by atoms with Crippen molar-refractivity contribution in [2.75, 3.05) is 0 Å². The molecule has 0 bridgehead atoms. The molecule has 0 amide bonds. The molecular weight excluding hydrogens is 334 g/mol. The number of rotatable bonds is 3. The average molecular weight is 336 g/mol. The zero-order chi connectivity index (χ0) is 12.5. The molecule has 94 valence electrons. The van der Waals surface area contributed by atoms with Gasteiger partial charge in [-0.2, -0.15) is 0 Å². The first-order chi connectivity index (χ1) is 7.34. The number of nitro benzene ring substituents is 3. The minimum atomic E-state index is -1.46. The van der Waals surface area contributed by atoms with Crippen LogP contribution in [0.15, 0.2) is 12.1 Å². The van der Waals surface area contributed by atoms with E-state index in [9.17, 15) is 35.4 Å². The van der Waals surface area contributed by atoms with Gasteiger partial charge in [0.1, 0.15) is 0 Å². The van der Waals surface area contributed by atoms with Gasteiger partial charge in [0, 0.05) is 0 Å². The second-order valence-corrected chi connectivity index (χ2v) is 2.58. The van der Waals surface area contributed by atoms with E-state index < -0.39 is 37.6 Å². The fraction of sp³-hybridized carbons (Fsp3) is 0. The van der Waals surface area contributed by atoms with Crippen LogP contribution in [0.5, 0.6) is 5.75 Å². The van der Waals surface area contributed by atoms with E-state index in [1.54, 1.807) is 0 Å². The Bertz CT molecular complexity index is 467. The maximum atomic E-state index is 11.1. The normalized spacial score (nSPS) is 9.18. The van der Waals surface area contributed by atoms with Gasteiger partial charge in [-0.25, -0.2) is 0 Å². The predicted octanol–water partition coefficient (Wildman–Crippen LogP) is 0.482. The first-order valence-electron chi connectivity index (χ1n) is 3.63. The van der Waals surface area contributed by atoms with Gasteiger partial charge >= 0.3 is 22.4 Å². The molecule has 0 radical (unpaired) electrons. The summed E-state index contributed by atoms with van der Waals surface area (Å²) in [5.74, 6) is -1.46. The SMILES string of the molecule is O=[N+]([O-])c1cc([N+](=O)[O-])c([O-])c([N+](=O)[O-])c1.[Ag+]. The smallest absolute Gasteiger partial charge is 0.863 e. The standard InChI is InChI=1S/C6H3N3O7.Ag/c10-6-4(8(13)14)1-3(7(11)12)2-5(6)9(15)16;/h1-2,10H;/q;+1/p-1. The molecule has 11 heteroatoms. The molecule has 0 heterocycles. The molecular formula is C6H2AgN3O7. The largest absolute Gasteiger partial charge is 1.00 e. The minimum Gasteiger partial charge on any atom is -0.863 e. The monoisotopic (exact) mass is 335 g/mol. The number of hydrogen-bond donors (Lipinski definition) is 0. The summed E-state index contributed by atoms with van der Waals surface area (Å²) in [6.45, 7) is 0. The molecule has 0 aliphatic heterocycles. The van der Waals surface area contributed by atoms with Crippen molar-refractivity contribution in [1.29, 1.82) is 0 Å². The molecule has 0 aliphatic rings. The van der Waals surface area contributed by atoms with E-state index in [4.69, 9.17) is 0 Å². The summed E-state index contributed by atoms with van der Waals surface area (Å²) in [5, 5.41) is 42.1. The van der Waals surface area contributed by atoms with Crippen molar-refractivity contribution in [2.24, 2.45) is 0 Å². The van der Waals surface area contributed by atoms with E-state index in [0.29, 0.717) is 12.1 Å². The molecule has 1 aromatic rings. The van der Waals surface area contributed by atoms with Crippen LogP contribution >= 0.6 is 0 Å². The summed E-state index contributed by atoms with van der Waals surface area (Å²) in [4.78, 5) is 27.5. The molecule has 0 atom stereocenters.